The molecule has 0 unspecified atom stereocenters. The summed E-state index contributed by atoms with van der Waals surface area (Å²) in [5, 5.41) is 8.95. The van der Waals surface area contributed by atoms with E-state index in [4.69, 9.17) is 5.11 Å². The van der Waals surface area contributed by atoms with Gasteiger partial charge in [-0.1, -0.05) is 27.7 Å². The van der Waals surface area contributed by atoms with Crippen LogP contribution in [0.15, 0.2) is 50.0 Å². The SMILES string of the molecule is OCc1ccc(Sc2ccc(Br)cc2)s1. The summed E-state index contributed by atoms with van der Waals surface area (Å²) in [4.78, 5) is 2.22. The standard InChI is InChI=1S/C11H9BrOS2/c12-8-1-3-9(4-2-8)14-11-6-5-10(7-13)15-11/h1-6,13H,7H2. The predicted octanol–water partition coefficient (Wildman–Crippen LogP) is 4.15. The number of hydrogen-bond acceptors (Lipinski definition) is 3. The Morgan fingerprint density at radius 1 is 1.13 bits per heavy atom. The minimum atomic E-state index is 0.131. The van der Waals surface area contributed by atoms with Gasteiger partial charge >= 0.3 is 0 Å². The van der Waals surface area contributed by atoms with Gasteiger partial charge < -0.3 is 5.11 Å². The molecule has 15 heavy (non-hydrogen) atoms. The molecule has 78 valence electrons. The van der Waals surface area contributed by atoms with Crippen molar-refractivity contribution in [2.45, 2.75) is 15.7 Å². The van der Waals surface area contributed by atoms with Crippen LogP contribution in [0, 0.1) is 0 Å². The summed E-state index contributed by atoms with van der Waals surface area (Å²) in [5.41, 5.74) is 0. The van der Waals surface area contributed by atoms with Crippen LogP contribution in [0.4, 0.5) is 0 Å². The van der Waals surface area contributed by atoms with Crippen molar-refractivity contribution in [3.05, 3.63) is 45.7 Å². The van der Waals surface area contributed by atoms with Gasteiger partial charge in [-0.05, 0) is 36.4 Å². The van der Waals surface area contributed by atoms with E-state index in [1.807, 2.05) is 24.3 Å². The van der Waals surface area contributed by atoms with Gasteiger partial charge in [0.2, 0.25) is 0 Å². The Kier molecular flexibility index (Phi) is 3.86. The fourth-order valence-corrected chi connectivity index (χ4v) is 3.39. The van der Waals surface area contributed by atoms with Gasteiger partial charge in [-0.25, -0.2) is 0 Å². The summed E-state index contributed by atoms with van der Waals surface area (Å²) in [6.07, 6.45) is 0. The van der Waals surface area contributed by atoms with Gasteiger partial charge in [0.25, 0.3) is 0 Å². The molecule has 1 N–H and O–H groups in total. The third-order valence-electron chi connectivity index (χ3n) is 1.82. The van der Waals surface area contributed by atoms with E-state index in [0.717, 1.165) is 9.35 Å². The van der Waals surface area contributed by atoms with Crippen LogP contribution in [0.2, 0.25) is 0 Å². The minimum Gasteiger partial charge on any atom is -0.391 e. The highest BCUT2D eigenvalue weighted by atomic mass is 79.9. The Bertz CT molecular complexity index is 436. The molecule has 0 aliphatic rings. The number of aliphatic hydroxyl groups is 1. The van der Waals surface area contributed by atoms with Crippen LogP contribution in [0.25, 0.3) is 0 Å². The zero-order valence-corrected chi connectivity index (χ0v) is 11.0. The molecule has 1 aromatic carbocycles. The van der Waals surface area contributed by atoms with Crippen molar-refractivity contribution in [1.29, 1.82) is 0 Å². The molecule has 0 atom stereocenters. The molecule has 0 aliphatic carbocycles. The van der Waals surface area contributed by atoms with E-state index < -0.39 is 0 Å². The summed E-state index contributed by atoms with van der Waals surface area (Å²) in [7, 11) is 0. The monoisotopic (exact) mass is 300 g/mol. The zero-order valence-electron chi connectivity index (χ0n) is 7.81. The van der Waals surface area contributed by atoms with Crippen LogP contribution < -0.4 is 0 Å². The molecule has 2 rings (SSSR count). The lowest BCUT2D eigenvalue weighted by Gasteiger charge is -1.97. The third kappa shape index (κ3) is 3.08. The summed E-state index contributed by atoms with van der Waals surface area (Å²) in [5.74, 6) is 0. The third-order valence-corrected chi connectivity index (χ3v) is 4.56. The van der Waals surface area contributed by atoms with E-state index in [9.17, 15) is 0 Å². The van der Waals surface area contributed by atoms with Crippen molar-refractivity contribution in [3.8, 4) is 0 Å². The van der Waals surface area contributed by atoms with Crippen molar-refractivity contribution in [2.24, 2.45) is 0 Å². The lowest BCUT2D eigenvalue weighted by molar-refractivity contribution is 0.285. The molecule has 4 heteroatoms. The Morgan fingerprint density at radius 2 is 1.87 bits per heavy atom. The van der Waals surface area contributed by atoms with Gasteiger partial charge in [-0.3, -0.25) is 0 Å². The molecule has 2 aromatic rings. The van der Waals surface area contributed by atoms with Crippen molar-refractivity contribution in [1.82, 2.24) is 0 Å². The van der Waals surface area contributed by atoms with E-state index in [-0.39, 0.29) is 6.61 Å². The first kappa shape index (κ1) is 11.2. The van der Waals surface area contributed by atoms with Crippen LogP contribution in [-0.4, -0.2) is 5.11 Å². The van der Waals surface area contributed by atoms with E-state index in [1.165, 1.54) is 9.10 Å². The van der Waals surface area contributed by atoms with Crippen LogP contribution in [-0.2, 0) is 6.61 Å². The van der Waals surface area contributed by atoms with Crippen LogP contribution in [0.1, 0.15) is 4.88 Å². The maximum Gasteiger partial charge on any atom is 0.0774 e. The van der Waals surface area contributed by atoms with Crippen LogP contribution >= 0.6 is 39.0 Å². The van der Waals surface area contributed by atoms with Gasteiger partial charge in [0.15, 0.2) is 0 Å². The molecule has 0 aliphatic heterocycles. The highest BCUT2D eigenvalue weighted by Crippen LogP contribution is 2.33. The molecular weight excluding hydrogens is 292 g/mol. The number of benzene rings is 1. The highest BCUT2D eigenvalue weighted by molar-refractivity contribution is 9.10. The fraction of sp³-hybridized carbons (Fsp3) is 0.0909. The van der Waals surface area contributed by atoms with E-state index in [2.05, 4.69) is 28.1 Å². The summed E-state index contributed by atoms with van der Waals surface area (Å²) < 4.78 is 2.30. The quantitative estimate of drug-likeness (QED) is 0.919. The van der Waals surface area contributed by atoms with E-state index in [0.29, 0.717) is 0 Å². The first-order chi connectivity index (χ1) is 7.28. The molecule has 0 saturated heterocycles. The molecule has 0 spiro atoms. The summed E-state index contributed by atoms with van der Waals surface area (Å²) >= 11 is 6.76. The Hall–Kier alpha value is -0.290. The van der Waals surface area contributed by atoms with Crippen LogP contribution in [0.3, 0.4) is 0 Å². The van der Waals surface area contributed by atoms with Crippen LogP contribution in [0.5, 0.6) is 0 Å². The van der Waals surface area contributed by atoms with Crippen molar-refractivity contribution in [3.63, 3.8) is 0 Å². The maximum atomic E-state index is 8.95. The van der Waals surface area contributed by atoms with Crippen molar-refractivity contribution in [2.75, 3.05) is 0 Å². The first-order valence-corrected chi connectivity index (χ1v) is 6.83. The molecule has 0 bridgehead atoms. The molecule has 0 radical (unpaired) electrons. The number of hydrogen-bond donors (Lipinski definition) is 1. The fourth-order valence-electron chi connectivity index (χ4n) is 1.12. The number of aliphatic hydroxyl groups excluding tert-OH is 1. The molecule has 0 fully saturated rings. The predicted molar refractivity (Wildman–Crippen MR) is 68.5 cm³/mol. The van der Waals surface area contributed by atoms with Gasteiger partial charge in [0.1, 0.15) is 0 Å². The largest absolute Gasteiger partial charge is 0.391 e. The molecule has 0 amide bonds. The first-order valence-electron chi connectivity index (χ1n) is 4.41. The second-order valence-electron chi connectivity index (χ2n) is 2.93. The minimum absolute atomic E-state index is 0.131. The number of halogens is 1. The van der Waals surface area contributed by atoms with Gasteiger partial charge in [0, 0.05) is 14.2 Å². The van der Waals surface area contributed by atoms with Gasteiger partial charge in [-0.2, -0.15) is 0 Å². The van der Waals surface area contributed by atoms with Gasteiger partial charge in [-0.15, -0.1) is 11.3 Å². The highest BCUT2D eigenvalue weighted by Gasteiger charge is 2.01. The molecule has 1 nitrogen and oxygen atoms in total. The molecule has 0 saturated carbocycles. The Labute approximate surface area is 105 Å². The Morgan fingerprint density at radius 3 is 2.47 bits per heavy atom. The lowest BCUT2D eigenvalue weighted by Crippen LogP contribution is -1.70. The van der Waals surface area contributed by atoms with Crippen molar-refractivity contribution < 1.29 is 5.11 Å². The van der Waals surface area contributed by atoms with Crippen molar-refractivity contribution >= 4 is 39.0 Å². The van der Waals surface area contributed by atoms with E-state index in [1.54, 1.807) is 23.1 Å². The summed E-state index contributed by atoms with van der Waals surface area (Å²) in [6, 6.07) is 12.2. The van der Waals surface area contributed by atoms with Gasteiger partial charge in [0.05, 0.1) is 10.8 Å². The van der Waals surface area contributed by atoms with E-state index >= 15 is 0 Å². The molecular formula is C11H9BrOS2. The average molecular weight is 301 g/mol. The normalized spacial score (nSPS) is 10.5. The summed E-state index contributed by atoms with van der Waals surface area (Å²) in [6.45, 7) is 0.131. The lowest BCUT2D eigenvalue weighted by atomic mass is 10.4. The number of thiophene rings is 1. The molecule has 1 heterocycles. The number of rotatable bonds is 3. The Balaban J connectivity index is 2.11. The maximum absolute atomic E-state index is 8.95. The molecule has 1 aromatic heterocycles. The topological polar surface area (TPSA) is 20.2 Å². The second kappa shape index (κ2) is 5.16. The second-order valence-corrected chi connectivity index (χ2v) is 6.39. The smallest absolute Gasteiger partial charge is 0.0774 e. The zero-order chi connectivity index (χ0) is 10.7. The average Bonchev–Trinajstić information content (AvgIpc) is 2.69.